The molecule has 1 nitrogen and oxygen atoms in total. The second-order valence-corrected chi connectivity index (χ2v) is 10.1. The van der Waals surface area contributed by atoms with Crippen LogP contribution < -0.4 is 0 Å². The van der Waals surface area contributed by atoms with E-state index >= 15 is 0 Å². The van der Waals surface area contributed by atoms with E-state index < -0.39 is 0 Å². The van der Waals surface area contributed by atoms with Gasteiger partial charge < -0.3 is 0 Å². The largest absolute Gasteiger partial charge is 0.296 e. The highest BCUT2D eigenvalue weighted by Crippen LogP contribution is 2.42. The molecule has 0 aromatic carbocycles. The zero-order chi connectivity index (χ0) is 20.2. The Bertz CT molecular complexity index is 305. The van der Waals surface area contributed by atoms with Gasteiger partial charge in [-0.25, -0.2) is 0 Å². The smallest absolute Gasteiger partial charge is 0.0158 e. The van der Waals surface area contributed by atoms with Gasteiger partial charge in [-0.3, -0.25) is 4.90 Å². The molecule has 1 heterocycles. The molecule has 1 aliphatic carbocycles. The maximum atomic E-state index is 2.60. The van der Waals surface area contributed by atoms with Gasteiger partial charge in [0.2, 0.25) is 0 Å². The highest BCUT2D eigenvalue weighted by molar-refractivity contribution is 4.98. The van der Waals surface area contributed by atoms with Crippen LogP contribution in [-0.2, 0) is 0 Å². The Kier molecular flexibility index (Phi) is 28.0. The Hall–Kier alpha value is -0.0400. The third kappa shape index (κ3) is 15.7. The van der Waals surface area contributed by atoms with Crippen LogP contribution in [0.4, 0.5) is 0 Å². The van der Waals surface area contributed by atoms with Gasteiger partial charge in [0.25, 0.3) is 0 Å². The van der Waals surface area contributed by atoms with Gasteiger partial charge in [-0.2, -0.15) is 0 Å². The number of nitrogens with zero attached hydrogens (tertiary/aromatic N) is 1. The molecule has 2 aliphatic rings. The van der Waals surface area contributed by atoms with Crippen molar-refractivity contribution in [3.8, 4) is 0 Å². The molecule has 0 amide bonds. The molecule has 0 spiro atoms. The number of hydrogen-bond acceptors (Lipinski definition) is 1. The zero-order valence-corrected chi connectivity index (χ0v) is 20.1. The normalized spacial score (nSPS) is 19.9. The van der Waals surface area contributed by atoms with E-state index in [9.17, 15) is 0 Å². The molecule has 1 saturated heterocycles. The van der Waals surface area contributed by atoms with E-state index in [-0.39, 0.29) is 29.7 Å². The molecule has 0 radical (unpaired) electrons. The first kappa shape index (κ1) is 40.3. The molecule has 1 unspecified atom stereocenters. The molecule has 2 rings (SSSR count). The van der Waals surface area contributed by atoms with Gasteiger partial charge in [-0.05, 0) is 59.4 Å². The van der Waals surface area contributed by atoms with Gasteiger partial charge in [0, 0.05) is 11.1 Å². The maximum Gasteiger partial charge on any atom is 0.0158 e. The molecule has 2 fully saturated rings. The van der Waals surface area contributed by atoms with Crippen molar-refractivity contribution in [2.75, 3.05) is 7.05 Å². The summed E-state index contributed by atoms with van der Waals surface area (Å²) in [6, 6.07) is 0. The molecule has 1 saturated carbocycles. The van der Waals surface area contributed by atoms with Crippen molar-refractivity contribution in [2.45, 2.75) is 173 Å². The topological polar surface area (TPSA) is 3.24 Å². The molecule has 1 atom stereocenters. The fourth-order valence-corrected chi connectivity index (χ4v) is 4.48. The number of piperidine rings is 1. The third-order valence-electron chi connectivity index (χ3n) is 6.75. The van der Waals surface area contributed by atoms with Crippen LogP contribution in [0, 0.1) is 11.8 Å². The Morgan fingerprint density at radius 3 is 1.47 bits per heavy atom. The van der Waals surface area contributed by atoms with Gasteiger partial charge in [0.05, 0.1) is 0 Å². The average Bonchev–Trinajstić information content (AvgIpc) is 2.50. The molecular formula is C29H69N. The van der Waals surface area contributed by atoms with Crippen LogP contribution in [0.15, 0.2) is 0 Å². The lowest BCUT2D eigenvalue weighted by molar-refractivity contribution is -0.0322. The van der Waals surface area contributed by atoms with E-state index in [2.05, 4.69) is 53.5 Å². The summed E-state index contributed by atoms with van der Waals surface area (Å²) in [5.74, 6) is 1.86. The van der Waals surface area contributed by atoms with Crippen LogP contribution in [0.1, 0.15) is 162 Å². The maximum absolute atomic E-state index is 2.60. The predicted molar refractivity (Wildman–Crippen MR) is 148 cm³/mol. The van der Waals surface area contributed by atoms with Crippen LogP contribution in [0.3, 0.4) is 0 Å². The molecule has 0 bridgehead atoms. The minimum absolute atomic E-state index is 0. The summed E-state index contributed by atoms with van der Waals surface area (Å²) >= 11 is 0. The van der Waals surface area contributed by atoms with Crippen molar-refractivity contribution in [1.82, 2.24) is 4.90 Å². The average molecular weight is 432 g/mol. The molecule has 1 aliphatic heterocycles. The summed E-state index contributed by atoms with van der Waals surface area (Å²) in [5.41, 5.74) is 0.723. The first-order valence-electron chi connectivity index (χ1n) is 11.9. The van der Waals surface area contributed by atoms with Gasteiger partial charge in [0.1, 0.15) is 0 Å². The fourth-order valence-electron chi connectivity index (χ4n) is 4.48. The first-order chi connectivity index (χ1) is 12.2. The number of rotatable bonds is 7. The Morgan fingerprint density at radius 2 is 1.13 bits per heavy atom. The number of likely N-dealkylation sites (tertiary alicyclic amines) is 1. The molecule has 0 N–H and O–H groups in total. The van der Waals surface area contributed by atoms with Crippen LogP contribution in [0.25, 0.3) is 0 Å². The number of hydrogen-bond donors (Lipinski definition) is 0. The van der Waals surface area contributed by atoms with Crippen LogP contribution in [-0.4, -0.2) is 23.0 Å². The summed E-state index contributed by atoms with van der Waals surface area (Å²) in [4.78, 5) is 2.60. The van der Waals surface area contributed by atoms with E-state index in [0.717, 1.165) is 11.8 Å². The summed E-state index contributed by atoms with van der Waals surface area (Å²) in [6.45, 7) is 18.4. The van der Waals surface area contributed by atoms with E-state index in [0.29, 0.717) is 11.1 Å². The Labute approximate surface area is 197 Å². The molecule has 1 heteroatoms. The molecule has 0 aromatic rings. The highest BCUT2D eigenvalue weighted by atomic mass is 15.2. The van der Waals surface area contributed by atoms with Gasteiger partial charge in [-0.1, -0.05) is 122 Å². The van der Waals surface area contributed by atoms with E-state index in [4.69, 9.17) is 0 Å². The summed E-state index contributed by atoms with van der Waals surface area (Å²) in [7, 11) is 2.31. The zero-order valence-electron chi connectivity index (χ0n) is 20.1. The molecule has 190 valence electrons. The second-order valence-electron chi connectivity index (χ2n) is 10.1. The van der Waals surface area contributed by atoms with Crippen molar-refractivity contribution in [3.05, 3.63) is 0 Å². The van der Waals surface area contributed by atoms with E-state index in [1.54, 1.807) is 0 Å². The summed E-state index contributed by atoms with van der Waals surface area (Å²) < 4.78 is 0. The lowest BCUT2D eigenvalue weighted by atomic mass is 9.72. The highest BCUT2D eigenvalue weighted by Gasteiger charge is 2.42. The second kappa shape index (κ2) is 20.8. The Balaban J connectivity index is -0.000000182. The van der Waals surface area contributed by atoms with Crippen LogP contribution in [0.2, 0.25) is 0 Å². The molecule has 0 aromatic heterocycles. The summed E-state index contributed by atoms with van der Waals surface area (Å²) in [5, 5.41) is 0. The van der Waals surface area contributed by atoms with Crippen molar-refractivity contribution in [2.24, 2.45) is 11.8 Å². The monoisotopic (exact) mass is 432 g/mol. The lowest BCUT2D eigenvalue weighted by Crippen LogP contribution is -2.58. The quantitative estimate of drug-likeness (QED) is 0.387. The van der Waals surface area contributed by atoms with Gasteiger partial charge in [0.15, 0.2) is 0 Å². The standard InChI is InChI=1S/C19H39N.C4H8.C2H6.4CH4/c1-8-9-11-16(2)12-10-13-17-14-18(3,4)20(7)19(5,6)15-17;1-2-4-3-1;1-2;;;;/h16-17H,8-15H2,1-7H3;1-4H2;1-2H3;4*1H4. The van der Waals surface area contributed by atoms with Crippen LogP contribution >= 0.6 is 0 Å². The molecule has 30 heavy (non-hydrogen) atoms. The Morgan fingerprint density at radius 1 is 0.767 bits per heavy atom. The first-order valence-corrected chi connectivity index (χ1v) is 11.9. The van der Waals surface area contributed by atoms with E-state index in [1.165, 1.54) is 77.0 Å². The van der Waals surface area contributed by atoms with Gasteiger partial charge in [-0.15, -0.1) is 0 Å². The number of unbranched alkanes of at least 4 members (excludes halogenated alkanes) is 1. The minimum Gasteiger partial charge on any atom is -0.296 e. The lowest BCUT2D eigenvalue weighted by Gasteiger charge is -2.54. The predicted octanol–water partition coefficient (Wildman–Crippen LogP) is 11.0. The van der Waals surface area contributed by atoms with Crippen molar-refractivity contribution in [3.63, 3.8) is 0 Å². The van der Waals surface area contributed by atoms with Crippen molar-refractivity contribution >= 4 is 0 Å². The van der Waals surface area contributed by atoms with Gasteiger partial charge >= 0.3 is 0 Å². The van der Waals surface area contributed by atoms with Crippen LogP contribution in [0.5, 0.6) is 0 Å². The van der Waals surface area contributed by atoms with Crippen molar-refractivity contribution < 1.29 is 0 Å². The molecular weight excluding hydrogens is 362 g/mol. The summed E-state index contributed by atoms with van der Waals surface area (Å²) in [6.07, 6.45) is 17.3. The fraction of sp³-hybridized carbons (Fsp3) is 1.00. The third-order valence-corrected chi connectivity index (χ3v) is 6.75. The van der Waals surface area contributed by atoms with E-state index in [1.807, 2.05) is 13.8 Å². The minimum atomic E-state index is 0. The SMILES string of the molecule is C.C.C.C.C1CCC1.CC.CCCCC(C)CCCC1CC(C)(C)N(C)C(C)(C)C1. The van der Waals surface area contributed by atoms with Crippen molar-refractivity contribution in [1.29, 1.82) is 0 Å².